The summed E-state index contributed by atoms with van der Waals surface area (Å²) >= 11 is 0. The van der Waals surface area contributed by atoms with E-state index in [0.29, 0.717) is 29.2 Å². The lowest BCUT2D eigenvalue weighted by molar-refractivity contribution is -0.116. The minimum atomic E-state index is -0.229. The number of nitrogens with one attached hydrogen (secondary N) is 1. The predicted octanol–water partition coefficient (Wildman–Crippen LogP) is -0.00182. The number of carbonyl (C=O) groups excluding carboxylic acids is 1. The molecule has 6 nitrogen and oxygen atoms in total. The Morgan fingerprint density at radius 1 is 1.59 bits per heavy atom. The number of aromatic nitrogens is 1. The molecule has 1 aromatic heterocycles. The average molecular weight is 227 g/mol. The van der Waals surface area contributed by atoms with E-state index < -0.39 is 0 Å². The zero-order chi connectivity index (χ0) is 12.3. The van der Waals surface area contributed by atoms with E-state index in [1.54, 1.807) is 12.1 Å². The molecule has 0 unspecified atom stereocenters. The lowest BCUT2D eigenvalue weighted by atomic mass is 10.2. The van der Waals surface area contributed by atoms with E-state index in [-0.39, 0.29) is 5.91 Å². The van der Waals surface area contributed by atoms with Crippen LogP contribution in [0.2, 0.25) is 0 Å². The fraction of sp³-hybridized carbons (Fsp3) is 0.0909. The van der Waals surface area contributed by atoms with Crippen LogP contribution in [-0.2, 0) is 4.79 Å². The van der Waals surface area contributed by atoms with Gasteiger partial charge in [-0.15, -0.1) is 0 Å². The highest BCUT2D eigenvalue weighted by Crippen LogP contribution is 2.11. The van der Waals surface area contributed by atoms with Crippen molar-refractivity contribution in [3.8, 4) is 6.07 Å². The van der Waals surface area contributed by atoms with Crippen LogP contribution in [0.4, 0.5) is 5.69 Å². The summed E-state index contributed by atoms with van der Waals surface area (Å²) in [5.41, 5.74) is 7.35. The second kappa shape index (κ2) is 4.45. The van der Waals surface area contributed by atoms with Crippen LogP contribution in [0.5, 0.6) is 0 Å². The summed E-state index contributed by atoms with van der Waals surface area (Å²) in [6.07, 6.45) is 2.86. The number of pyridine rings is 1. The van der Waals surface area contributed by atoms with E-state index in [4.69, 9.17) is 11.0 Å². The fourth-order valence-electron chi connectivity index (χ4n) is 1.32. The Bertz CT molecular complexity index is 550. The van der Waals surface area contributed by atoms with Gasteiger partial charge in [-0.1, -0.05) is 0 Å². The number of aliphatic imine (C=N–C) groups is 1. The summed E-state index contributed by atoms with van der Waals surface area (Å²) in [5, 5.41) is 11.2. The van der Waals surface area contributed by atoms with Crippen LogP contribution in [-0.4, -0.2) is 23.7 Å². The zero-order valence-corrected chi connectivity index (χ0v) is 8.84. The molecule has 0 aromatic carbocycles. The van der Waals surface area contributed by atoms with Gasteiger partial charge in [-0.05, 0) is 12.1 Å². The topological polar surface area (TPSA) is 104 Å². The molecule has 1 amide bonds. The first kappa shape index (κ1) is 10.8. The molecule has 0 saturated heterocycles. The van der Waals surface area contributed by atoms with Crippen molar-refractivity contribution in [2.75, 3.05) is 6.54 Å². The van der Waals surface area contributed by atoms with E-state index >= 15 is 0 Å². The molecule has 6 heteroatoms. The smallest absolute Gasteiger partial charge is 0.254 e. The summed E-state index contributed by atoms with van der Waals surface area (Å²) in [6, 6.07) is 5.11. The number of hydrogen-bond donors (Lipinski definition) is 2. The van der Waals surface area contributed by atoms with Crippen LogP contribution in [0.25, 0.3) is 0 Å². The number of nitrogens with two attached hydrogens (primary N) is 1. The first-order valence-corrected chi connectivity index (χ1v) is 4.88. The zero-order valence-electron chi connectivity index (χ0n) is 8.84. The molecule has 2 rings (SSSR count). The Morgan fingerprint density at radius 2 is 2.41 bits per heavy atom. The standard InChI is InChI=1S/C11H9N5O/c12-3-7-1-2-8(4-14-7)15-5-9-10(13)6-16-11(9)17/h1-2,4-5H,6,13H2,(H,16,17). The Hall–Kier alpha value is -2.68. The normalized spacial score (nSPS) is 15.1. The van der Waals surface area contributed by atoms with Gasteiger partial charge in [0.15, 0.2) is 0 Å². The maximum absolute atomic E-state index is 11.3. The van der Waals surface area contributed by atoms with Crippen molar-refractivity contribution >= 4 is 17.8 Å². The van der Waals surface area contributed by atoms with E-state index in [1.807, 2.05) is 6.07 Å². The van der Waals surface area contributed by atoms with E-state index in [9.17, 15) is 4.79 Å². The van der Waals surface area contributed by atoms with Gasteiger partial charge in [0.2, 0.25) is 0 Å². The number of hydrogen-bond acceptors (Lipinski definition) is 5. The van der Waals surface area contributed by atoms with Gasteiger partial charge < -0.3 is 11.1 Å². The lowest BCUT2D eigenvalue weighted by Crippen LogP contribution is -2.18. The number of nitrogens with zero attached hydrogens (tertiary/aromatic N) is 3. The highest BCUT2D eigenvalue weighted by molar-refractivity contribution is 6.15. The molecular formula is C11H9N5O. The van der Waals surface area contributed by atoms with Crippen LogP contribution < -0.4 is 11.1 Å². The maximum atomic E-state index is 11.3. The monoisotopic (exact) mass is 227 g/mol. The first-order chi connectivity index (χ1) is 8.20. The van der Waals surface area contributed by atoms with Gasteiger partial charge in [-0.25, -0.2) is 4.98 Å². The van der Waals surface area contributed by atoms with Crippen molar-refractivity contribution in [3.05, 3.63) is 35.3 Å². The summed E-state index contributed by atoms with van der Waals surface area (Å²) in [7, 11) is 0. The quantitative estimate of drug-likeness (QED) is 0.693. The molecule has 17 heavy (non-hydrogen) atoms. The summed E-state index contributed by atoms with van der Waals surface area (Å²) in [6.45, 7) is 0.353. The molecule has 0 atom stereocenters. The van der Waals surface area contributed by atoms with Crippen LogP contribution in [0.1, 0.15) is 5.69 Å². The molecule has 1 aliphatic rings. The average Bonchev–Trinajstić information content (AvgIpc) is 2.67. The minimum Gasteiger partial charge on any atom is -0.400 e. The lowest BCUT2D eigenvalue weighted by Gasteiger charge is -1.94. The van der Waals surface area contributed by atoms with Crippen molar-refractivity contribution < 1.29 is 4.79 Å². The van der Waals surface area contributed by atoms with Crippen molar-refractivity contribution in [1.82, 2.24) is 10.3 Å². The number of rotatable bonds is 2. The van der Waals surface area contributed by atoms with Crippen LogP contribution in [0.3, 0.4) is 0 Å². The second-order valence-electron chi connectivity index (χ2n) is 3.39. The molecule has 0 saturated carbocycles. The highest BCUT2D eigenvalue weighted by atomic mass is 16.1. The summed E-state index contributed by atoms with van der Waals surface area (Å²) in [5.74, 6) is -0.229. The fourth-order valence-corrected chi connectivity index (χ4v) is 1.32. The van der Waals surface area contributed by atoms with Crippen LogP contribution in [0.15, 0.2) is 34.6 Å². The summed E-state index contributed by atoms with van der Waals surface area (Å²) in [4.78, 5) is 19.2. The van der Waals surface area contributed by atoms with Crippen LogP contribution >= 0.6 is 0 Å². The predicted molar refractivity (Wildman–Crippen MR) is 61.3 cm³/mol. The number of carbonyl (C=O) groups is 1. The minimum absolute atomic E-state index is 0.229. The third-order valence-electron chi connectivity index (χ3n) is 2.24. The highest BCUT2D eigenvalue weighted by Gasteiger charge is 2.18. The summed E-state index contributed by atoms with van der Waals surface area (Å²) < 4.78 is 0. The second-order valence-corrected chi connectivity index (χ2v) is 3.39. The largest absolute Gasteiger partial charge is 0.400 e. The van der Waals surface area contributed by atoms with E-state index in [0.717, 1.165) is 0 Å². The Balaban J connectivity index is 2.18. The molecule has 0 fully saturated rings. The van der Waals surface area contributed by atoms with Crippen molar-refractivity contribution in [1.29, 1.82) is 5.26 Å². The molecule has 0 aliphatic carbocycles. The molecule has 1 aliphatic heterocycles. The molecule has 84 valence electrons. The van der Waals surface area contributed by atoms with Gasteiger partial charge in [0.1, 0.15) is 11.8 Å². The molecule has 2 heterocycles. The third kappa shape index (κ3) is 2.29. The van der Waals surface area contributed by atoms with Gasteiger partial charge in [-0.2, -0.15) is 5.26 Å². The molecule has 0 bridgehead atoms. The van der Waals surface area contributed by atoms with Gasteiger partial charge >= 0.3 is 0 Å². The Morgan fingerprint density at radius 3 is 2.94 bits per heavy atom. The van der Waals surface area contributed by atoms with E-state index in [2.05, 4.69) is 15.3 Å². The Labute approximate surface area is 97.5 Å². The van der Waals surface area contributed by atoms with Gasteiger partial charge in [-0.3, -0.25) is 9.79 Å². The molecular weight excluding hydrogens is 218 g/mol. The van der Waals surface area contributed by atoms with Crippen molar-refractivity contribution in [2.24, 2.45) is 10.7 Å². The molecule has 0 radical (unpaired) electrons. The van der Waals surface area contributed by atoms with Gasteiger partial charge in [0.25, 0.3) is 5.91 Å². The molecule has 1 aromatic rings. The van der Waals surface area contributed by atoms with Gasteiger partial charge in [0, 0.05) is 11.9 Å². The van der Waals surface area contributed by atoms with Crippen LogP contribution in [0, 0.1) is 11.3 Å². The number of amides is 1. The third-order valence-corrected chi connectivity index (χ3v) is 2.24. The van der Waals surface area contributed by atoms with Crippen molar-refractivity contribution in [3.63, 3.8) is 0 Å². The van der Waals surface area contributed by atoms with Crippen molar-refractivity contribution in [2.45, 2.75) is 0 Å². The van der Waals surface area contributed by atoms with E-state index in [1.165, 1.54) is 12.4 Å². The molecule has 3 N–H and O–H groups in total. The Kier molecular flexibility index (Phi) is 2.83. The molecule has 0 spiro atoms. The number of nitriles is 1. The SMILES string of the molecule is N#Cc1ccc(N=CC2=C(N)CNC2=O)cn1. The maximum Gasteiger partial charge on any atom is 0.254 e. The van der Waals surface area contributed by atoms with Gasteiger partial charge in [0.05, 0.1) is 24.0 Å². The first-order valence-electron chi connectivity index (χ1n) is 4.88.